The van der Waals surface area contributed by atoms with E-state index >= 15 is 0 Å². The highest BCUT2D eigenvalue weighted by atomic mass is 14.9. The molecule has 1 nitrogen and oxygen atoms in total. The van der Waals surface area contributed by atoms with Crippen LogP contribution in [0.1, 0.15) is 69.0 Å². The predicted octanol–water partition coefficient (Wildman–Crippen LogP) is 5.25. The van der Waals surface area contributed by atoms with Crippen molar-refractivity contribution in [1.82, 2.24) is 5.32 Å². The topological polar surface area (TPSA) is 12.0 Å². The van der Waals surface area contributed by atoms with E-state index in [4.69, 9.17) is 0 Å². The van der Waals surface area contributed by atoms with Crippen molar-refractivity contribution >= 4 is 0 Å². The van der Waals surface area contributed by atoms with Gasteiger partial charge in [-0.05, 0) is 44.2 Å². The maximum absolute atomic E-state index is 3.57. The Bertz CT molecular complexity index is 391. The molecule has 0 spiro atoms. The summed E-state index contributed by atoms with van der Waals surface area (Å²) in [5.74, 6) is 1.82. The van der Waals surface area contributed by atoms with Crippen LogP contribution >= 0.6 is 0 Å². The van der Waals surface area contributed by atoms with Crippen LogP contribution in [0.2, 0.25) is 0 Å². The first-order valence-corrected chi connectivity index (χ1v) is 8.48. The zero-order valence-electron chi connectivity index (χ0n) is 13.5. The molecule has 1 aliphatic carbocycles. The SMILES string of the molecule is CCCCC1CCC(C(NC)c2cccc(C)c2)CC1. The van der Waals surface area contributed by atoms with Crippen LogP contribution in [0.25, 0.3) is 0 Å². The monoisotopic (exact) mass is 273 g/mol. The number of aryl methyl sites for hydroxylation is 1. The molecule has 2 rings (SSSR count). The summed E-state index contributed by atoms with van der Waals surface area (Å²) in [6.45, 7) is 4.50. The summed E-state index contributed by atoms with van der Waals surface area (Å²) >= 11 is 0. The van der Waals surface area contributed by atoms with E-state index in [1.165, 1.54) is 56.1 Å². The summed E-state index contributed by atoms with van der Waals surface area (Å²) in [5, 5.41) is 3.57. The summed E-state index contributed by atoms with van der Waals surface area (Å²) in [4.78, 5) is 0. The first-order chi connectivity index (χ1) is 9.74. The molecule has 1 aliphatic rings. The average molecular weight is 273 g/mol. The molecule has 0 bridgehead atoms. The van der Waals surface area contributed by atoms with Gasteiger partial charge in [0.05, 0.1) is 0 Å². The van der Waals surface area contributed by atoms with Gasteiger partial charge in [-0.2, -0.15) is 0 Å². The van der Waals surface area contributed by atoms with Gasteiger partial charge in [-0.15, -0.1) is 0 Å². The Labute approximate surface area is 125 Å². The zero-order chi connectivity index (χ0) is 14.4. The van der Waals surface area contributed by atoms with Crippen LogP contribution in [0.5, 0.6) is 0 Å². The van der Waals surface area contributed by atoms with Gasteiger partial charge in [-0.3, -0.25) is 0 Å². The van der Waals surface area contributed by atoms with Gasteiger partial charge in [0.1, 0.15) is 0 Å². The molecule has 20 heavy (non-hydrogen) atoms. The van der Waals surface area contributed by atoms with E-state index in [-0.39, 0.29) is 0 Å². The Morgan fingerprint density at radius 1 is 1.20 bits per heavy atom. The van der Waals surface area contributed by atoms with Crippen molar-refractivity contribution in [3.05, 3.63) is 35.4 Å². The number of hydrogen-bond acceptors (Lipinski definition) is 1. The van der Waals surface area contributed by atoms with E-state index in [1.54, 1.807) is 0 Å². The highest BCUT2D eigenvalue weighted by molar-refractivity contribution is 5.25. The number of benzene rings is 1. The standard InChI is InChI=1S/C19H31N/c1-4-5-8-16-10-12-17(13-11-16)19(20-3)18-9-6-7-15(2)14-18/h6-7,9,14,16-17,19-20H,4-5,8,10-13H2,1-3H3. The number of rotatable bonds is 6. The lowest BCUT2D eigenvalue weighted by Crippen LogP contribution is -2.28. The number of unbranched alkanes of at least 4 members (excludes halogenated alkanes) is 1. The van der Waals surface area contributed by atoms with Gasteiger partial charge >= 0.3 is 0 Å². The lowest BCUT2D eigenvalue weighted by molar-refractivity contribution is 0.218. The molecule has 1 atom stereocenters. The summed E-state index contributed by atoms with van der Waals surface area (Å²) in [7, 11) is 2.12. The molecule has 0 saturated heterocycles. The Kier molecular flexibility index (Phi) is 6.09. The van der Waals surface area contributed by atoms with E-state index in [0.29, 0.717) is 6.04 Å². The van der Waals surface area contributed by atoms with Crippen LogP contribution in [0.4, 0.5) is 0 Å². The van der Waals surface area contributed by atoms with Crippen molar-refractivity contribution in [1.29, 1.82) is 0 Å². The van der Waals surface area contributed by atoms with Gasteiger partial charge in [0.15, 0.2) is 0 Å². The molecular weight excluding hydrogens is 242 g/mol. The van der Waals surface area contributed by atoms with Crippen LogP contribution in [0.15, 0.2) is 24.3 Å². The molecule has 1 fully saturated rings. The lowest BCUT2D eigenvalue weighted by Gasteiger charge is -2.34. The molecule has 0 amide bonds. The van der Waals surface area contributed by atoms with Crippen LogP contribution in [0, 0.1) is 18.8 Å². The smallest absolute Gasteiger partial charge is 0.0346 e. The van der Waals surface area contributed by atoms with E-state index in [0.717, 1.165) is 11.8 Å². The molecule has 1 heteroatoms. The molecule has 0 radical (unpaired) electrons. The minimum Gasteiger partial charge on any atom is -0.313 e. The second-order valence-electron chi connectivity index (χ2n) is 6.60. The largest absolute Gasteiger partial charge is 0.313 e. The molecule has 0 aromatic heterocycles. The van der Waals surface area contributed by atoms with Crippen LogP contribution in [-0.4, -0.2) is 7.05 Å². The lowest BCUT2D eigenvalue weighted by atomic mass is 9.75. The molecule has 0 aliphatic heterocycles. The normalized spacial score (nSPS) is 24.6. The van der Waals surface area contributed by atoms with Gasteiger partial charge in [0, 0.05) is 6.04 Å². The minimum atomic E-state index is 0.544. The van der Waals surface area contributed by atoms with Crippen molar-refractivity contribution in [3.63, 3.8) is 0 Å². The van der Waals surface area contributed by atoms with Gasteiger partial charge in [0.25, 0.3) is 0 Å². The fraction of sp³-hybridized carbons (Fsp3) is 0.684. The molecule has 1 N–H and O–H groups in total. The highest BCUT2D eigenvalue weighted by Crippen LogP contribution is 2.38. The maximum Gasteiger partial charge on any atom is 0.0346 e. The summed E-state index contributed by atoms with van der Waals surface area (Å²) in [6, 6.07) is 9.57. The number of hydrogen-bond donors (Lipinski definition) is 1. The van der Waals surface area contributed by atoms with Crippen molar-refractivity contribution in [2.24, 2.45) is 11.8 Å². The van der Waals surface area contributed by atoms with E-state index in [1.807, 2.05) is 0 Å². The average Bonchev–Trinajstić information content (AvgIpc) is 2.47. The van der Waals surface area contributed by atoms with Gasteiger partial charge in [-0.1, -0.05) is 68.9 Å². The van der Waals surface area contributed by atoms with E-state index in [9.17, 15) is 0 Å². The molecule has 1 aromatic carbocycles. The van der Waals surface area contributed by atoms with Crippen molar-refractivity contribution in [2.75, 3.05) is 7.05 Å². The predicted molar refractivity (Wildman–Crippen MR) is 88.0 cm³/mol. The number of nitrogens with one attached hydrogen (secondary N) is 1. The Hall–Kier alpha value is -0.820. The third-order valence-electron chi connectivity index (χ3n) is 5.04. The summed E-state index contributed by atoms with van der Waals surface area (Å²) < 4.78 is 0. The second-order valence-corrected chi connectivity index (χ2v) is 6.60. The maximum atomic E-state index is 3.57. The van der Waals surface area contributed by atoms with Crippen molar-refractivity contribution in [3.8, 4) is 0 Å². The molecule has 1 unspecified atom stereocenters. The van der Waals surface area contributed by atoms with E-state index in [2.05, 4.69) is 50.5 Å². The van der Waals surface area contributed by atoms with Crippen LogP contribution in [0.3, 0.4) is 0 Å². The Morgan fingerprint density at radius 2 is 1.95 bits per heavy atom. The molecule has 0 heterocycles. The van der Waals surface area contributed by atoms with E-state index < -0.39 is 0 Å². The quantitative estimate of drug-likeness (QED) is 0.746. The third-order valence-corrected chi connectivity index (χ3v) is 5.04. The van der Waals surface area contributed by atoms with Gasteiger partial charge in [-0.25, -0.2) is 0 Å². The van der Waals surface area contributed by atoms with Gasteiger partial charge < -0.3 is 5.32 Å². The molecule has 1 saturated carbocycles. The summed E-state index contributed by atoms with van der Waals surface area (Å²) in [6.07, 6.45) is 9.90. The highest BCUT2D eigenvalue weighted by Gasteiger charge is 2.27. The molecular formula is C19H31N. The first kappa shape index (κ1) is 15.6. The fourth-order valence-corrected chi connectivity index (χ4v) is 3.84. The van der Waals surface area contributed by atoms with Crippen LogP contribution in [-0.2, 0) is 0 Å². The Balaban J connectivity index is 1.93. The molecule has 112 valence electrons. The van der Waals surface area contributed by atoms with Gasteiger partial charge in [0.2, 0.25) is 0 Å². The third kappa shape index (κ3) is 4.09. The van der Waals surface area contributed by atoms with Crippen molar-refractivity contribution in [2.45, 2.75) is 64.8 Å². The minimum absolute atomic E-state index is 0.544. The first-order valence-electron chi connectivity index (χ1n) is 8.48. The fourth-order valence-electron chi connectivity index (χ4n) is 3.84. The Morgan fingerprint density at radius 3 is 2.55 bits per heavy atom. The second kappa shape index (κ2) is 7.83. The van der Waals surface area contributed by atoms with Crippen molar-refractivity contribution < 1.29 is 0 Å². The zero-order valence-corrected chi connectivity index (χ0v) is 13.5. The molecule has 1 aromatic rings. The summed E-state index contributed by atoms with van der Waals surface area (Å²) in [5.41, 5.74) is 2.85. The van der Waals surface area contributed by atoms with Crippen LogP contribution < -0.4 is 5.32 Å².